The van der Waals surface area contributed by atoms with Crippen molar-refractivity contribution in [2.75, 3.05) is 6.54 Å². The van der Waals surface area contributed by atoms with E-state index in [1.807, 2.05) is 6.20 Å². The third kappa shape index (κ3) is 2.26. The van der Waals surface area contributed by atoms with E-state index in [-0.39, 0.29) is 0 Å². The molecule has 18 heavy (non-hydrogen) atoms. The molecule has 1 aromatic heterocycles. The second kappa shape index (κ2) is 5.09. The Balaban J connectivity index is 1.86. The molecule has 1 aliphatic carbocycles. The van der Waals surface area contributed by atoms with Gasteiger partial charge in [-0.05, 0) is 50.7 Å². The molecule has 1 aliphatic heterocycles. The van der Waals surface area contributed by atoms with Crippen molar-refractivity contribution in [2.45, 2.75) is 51.6 Å². The molecule has 2 heterocycles. The fourth-order valence-corrected chi connectivity index (χ4v) is 2.93. The highest BCUT2D eigenvalue weighted by atomic mass is 16.5. The molecule has 0 amide bonds. The molecule has 1 aromatic rings. The van der Waals surface area contributed by atoms with E-state index in [4.69, 9.17) is 4.74 Å². The van der Waals surface area contributed by atoms with Crippen molar-refractivity contribution >= 4 is 5.71 Å². The molecule has 0 saturated heterocycles. The van der Waals surface area contributed by atoms with Crippen LogP contribution in [0.25, 0.3) is 0 Å². The van der Waals surface area contributed by atoms with Crippen molar-refractivity contribution in [2.24, 2.45) is 4.99 Å². The van der Waals surface area contributed by atoms with Gasteiger partial charge in [-0.2, -0.15) is 0 Å². The Morgan fingerprint density at radius 2 is 2.06 bits per heavy atom. The first-order valence-electron chi connectivity index (χ1n) is 7.00. The van der Waals surface area contributed by atoms with Gasteiger partial charge in [0.25, 0.3) is 0 Å². The Morgan fingerprint density at radius 3 is 2.89 bits per heavy atom. The van der Waals surface area contributed by atoms with E-state index >= 15 is 0 Å². The van der Waals surface area contributed by atoms with Crippen molar-refractivity contribution in [1.29, 1.82) is 0 Å². The van der Waals surface area contributed by atoms with E-state index in [9.17, 15) is 0 Å². The summed E-state index contributed by atoms with van der Waals surface area (Å²) in [5.74, 6) is 0.806. The van der Waals surface area contributed by atoms with E-state index in [1.165, 1.54) is 37.7 Å². The highest BCUT2D eigenvalue weighted by Gasteiger charge is 2.21. The van der Waals surface area contributed by atoms with E-state index < -0.39 is 0 Å². The van der Waals surface area contributed by atoms with Gasteiger partial charge in [0.1, 0.15) is 6.10 Å². The number of rotatable bonds is 2. The van der Waals surface area contributed by atoms with Crippen LogP contribution in [0.3, 0.4) is 0 Å². The second-order valence-electron chi connectivity index (χ2n) is 5.25. The zero-order valence-electron chi connectivity index (χ0n) is 11.0. The first-order valence-corrected chi connectivity index (χ1v) is 7.00. The molecule has 3 rings (SSSR count). The van der Waals surface area contributed by atoms with Crippen LogP contribution in [0.4, 0.5) is 0 Å². The van der Waals surface area contributed by atoms with Gasteiger partial charge in [-0.1, -0.05) is 6.42 Å². The topological polar surface area (TPSA) is 34.5 Å². The molecule has 1 saturated carbocycles. The highest BCUT2D eigenvalue weighted by Crippen LogP contribution is 2.28. The Bertz CT molecular complexity index is 462. The van der Waals surface area contributed by atoms with Gasteiger partial charge in [0, 0.05) is 18.5 Å². The fourth-order valence-electron chi connectivity index (χ4n) is 2.93. The maximum Gasteiger partial charge on any atom is 0.223 e. The van der Waals surface area contributed by atoms with Gasteiger partial charge in [-0.25, -0.2) is 4.98 Å². The predicted octanol–water partition coefficient (Wildman–Crippen LogP) is 3.16. The molecule has 0 bridgehead atoms. The minimum absolute atomic E-state index is 0.354. The summed E-state index contributed by atoms with van der Waals surface area (Å²) in [7, 11) is 0. The lowest BCUT2D eigenvalue weighted by atomic mass is 9.97. The van der Waals surface area contributed by atoms with E-state index in [0.717, 1.165) is 30.1 Å². The Hall–Kier alpha value is -1.38. The minimum atomic E-state index is 0.354. The van der Waals surface area contributed by atoms with Gasteiger partial charge in [0.15, 0.2) is 0 Å². The molecule has 0 atom stereocenters. The monoisotopic (exact) mass is 244 g/mol. The van der Waals surface area contributed by atoms with Gasteiger partial charge in [0.05, 0.1) is 5.56 Å². The molecule has 3 nitrogen and oxygen atoms in total. The largest absolute Gasteiger partial charge is 0.474 e. The first kappa shape index (κ1) is 11.7. The zero-order valence-corrected chi connectivity index (χ0v) is 11.0. The normalized spacial score (nSPS) is 20.2. The quantitative estimate of drug-likeness (QED) is 0.801. The molecule has 0 radical (unpaired) electrons. The Kier molecular flexibility index (Phi) is 3.31. The maximum atomic E-state index is 6.13. The number of ether oxygens (including phenoxy) is 1. The summed E-state index contributed by atoms with van der Waals surface area (Å²) in [4.78, 5) is 8.96. The van der Waals surface area contributed by atoms with Crippen LogP contribution < -0.4 is 4.74 Å². The van der Waals surface area contributed by atoms with Crippen LogP contribution in [0.2, 0.25) is 0 Å². The van der Waals surface area contributed by atoms with Gasteiger partial charge in [0.2, 0.25) is 5.88 Å². The molecule has 3 heteroatoms. The van der Waals surface area contributed by atoms with Crippen molar-refractivity contribution < 1.29 is 4.74 Å². The van der Waals surface area contributed by atoms with Gasteiger partial charge < -0.3 is 4.74 Å². The summed E-state index contributed by atoms with van der Waals surface area (Å²) >= 11 is 0. The zero-order chi connectivity index (χ0) is 12.4. The van der Waals surface area contributed by atoms with Crippen LogP contribution in [0.1, 0.15) is 50.2 Å². The van der Waals surface area contributed by atoms with E-state index in [2.05, 4.69) is 23.0 Å². The average molecular weight is 244 g/mol. The fraction of sp³-hybridized carbons (Fsp3) is 0.600. The van der Waals surface area contributed by atoms with Crippen molar-refractivity contribution in [3.05, 3.63) is 23.4 Å². The number of aliphatic imine (C=N–C) groups is 1. The molecule has 0 N–H and O–H groups in total. The standard InChI is InChI=1S/C15H20N2O/c1-11-14-12(7-9-16-11)8-10-17-15(14)18-13-5-3-2-4-6-13/h8,10,13H,2-7,9H2,1H3. The molecule has 2 aliphatic rings. The summed E-state index contributed by atoms with van der Waals surface area (Å²) < 4.78 is 6.13. The number of pyridine rings is 1. The van der Waals surface area contributed by atoms with Crippen LogP contribution in [-0.2, 0) is 6.42 Å². The number of fused-ring (bicyclic) bond motifs is 1. The second-order valence-corrected chi connectivity index (χ2v) is 5.25. The summed E-state index contributed by atoms with van der Waals surface area (Å²) in [6.45, 7) is 2.96. The van der Waals surface area contributed by atoms with Crippen molar-refractivity contribution in [3.8, 4) is 5.88 Å². The molecular formula is C15H20N2O. The summed E-state index contributed by atoms with van der Waals surface area (Å²) in [6.07, 6.45) is 9.49. The van der Waals surface area contributed by atoms with Crippen molar-refractivity contribution in [3.63, 3.8) is 0 Å². The summed E-state index contributed by atoms with van der Waals surface area (Å²) in [6, 6.07) is 2.10. The highest BCUT2D eigenvalue weighted by molar-refractivity contribution is 6.02. The van der Waals surface area contributed by atoms with E-state index in [0.29, 0.717) is 6.10 Å². The number of aromatic nitrogens is 1. The van der Waals surface area contributed by atoms with Crippen LogP contribution in [0.15, 0.2) is 17.3 Å². The number of hydrogen-bond acceptors (Lipinski definition) is 3. The van der Waals surface area contributed by atoms with Crippen LogP contribution in [0.5, 0.6) is 5.88 Å². The lowest BCUT2D eigenvalue weighted by Crippen LogP contribution is -2.22. The molecule has 0 unspecified atom stereocenters. The van der Waals surface area contributed by atoms with Gasteiger partial charge >= 0.3 is 0 Å². The third-order valence-corrected chi connectivity index (χ3v) is 3.92. The Labute approximate surface area is 108 Å². The SMILES string of the molecule is CC1=NCCc2ccnc(OC3CCCCC3)c21. The lowest BCUT2D eigenvalue weighted by molar-refractivity contribution is 0.148. The number of hydrogen-bond donors (Lipinski definition) is 0. The first-order chi connectivity index (χ1) is 8.84. The minimum Gasteiger partial charge on any atom is -0.474 e. The van der Waals surface area contributed by atoms with Crippen LogP contribution in [0, 0.1) is 0 Å². The molecule has 0 aromatic carbocycles. The summed E-state index contributed by atoms with van der Waals surface area (Å²) in [5, 5.41) is 0. The van der Waals surface area contributed by atoms with Crippen molar-refractivity contribution in [1.82, 2.24) is 4.98 Å². The maximum absolute atomic E-state index is 6.13. The molecule has 96 valence electrons. The molecule has 0 spiro atoms. The molecule has 1 fully saturated rings. The summed E-state index contributed by atoms with van der Waals surface area (Å²) in [5.41, 5.74) is 3.56. The smallest absolute Gasteiger partial charge is 0.223 e. The lowest BCUT2D eigenvalue weighted by Gasteiger charge is -2.25. The third-order valence-electron chi connectivity index (χ3n) is 3.92. The average Bonchev–Trinajstić information content (AvgIpc) is 2.40. The number of nitrogens with zero attached hydrogens (tertiary/aromatic N) is 2. The van der Waals surface area contributed by atoms with E-state index in [1.54, 1.807) is 0 Å². The Morgan fingerprint density at radius 1 is 1.22 bits per heavy atom. The molecular weight excluding hydrogens is 224 g/mol. The van der Waals surface area contributed by atoms with Gasteiger partial charge in [-0.15, -0.1) is 0 Å². The van der Waals surface area contributed by atoms with Crippen LogP contribution >= 0.6 is 0 Å². The predicted molar refractivity (Wildman–Crippen MR) is 72.5 cm³/mol. The van der Waals surface area contributed by atoms with Gasteiger partial charge in [-0.3, -0.25) is 4.99 Å². The van der Waals surface area contributed by atoms with Crippen LogP contribution in [-0.4, -0.2) is 23.3 Å².